The van der Waals surface area contributed by atoms with Crippen molar-refractivity contribution >= 4 is 29.0 Å². The Morgan fingerprint density at radius 3 is 2.46 bits per heavy atom. The molecule has 9 nitrogen and oxygen atoms in total. The van der Waals surface area contributed by atoms with Crippen molar-refractivity contribution < 1.29 is 14.8 Å². The predicted octanol–water partition coefficient (Wildman–Crippen LogP) is 1.75. The van der Waals surface area contributed by atoms with Crippen LogP contribution in [0.3, 0.4) is 0 Å². The molecule has 2 heterocycles. The summed E-state index contributed by atoms with van der Waals surface area (Å²) < 4.78 is 1.61. The maximum Gasteiger partial charge on any atom is 0.406 e. The first-order valence-corrected chi connectivity index (χ1v) is 9.37. The number of benzene rings is 1. The van der Waals surface area contributed by atoms with Crippen LogP contribution in [0.5, 0.6) is 0 Å². The number of nitro groups is 1. The molecule has 0 unspecified atom stereocenters. The van der Waals surface area contributed by atoms with Gasteiger partial charge in [0.1, 0.15) is 0 Å². The Hall–Kier alpha value is -2.49. The third-order valence-corrected chi connectivity index (χ3v) is 5.09. The number of anilines is 1. The van der Waals surface area contributed by atoms with Gasteiger partial charge in [0, 0.05) is 50.2 Å². The number of carbonyl (C=O) groups excluding carboxylic acids is 1. The Morgan fingerprint density at radius 1 is 1.25 bits per heavy atom. The second kappa shape index (κ2) is 8.68. The number of rotatable bonds is 7. The largest absolute Gasteiger partial charge is 0.406 e. The number of ketones is 1. The normalized spacial score (nSPS) is 15.0. The Balaban J connectivity index is 1.88. The van der Waals surface area contributed by atoms with Gasteiger partial charge in [-0.05, 0) is 34.2 Å². The highest BCUT2D eigenvalue weighted by atomic mass is 35.5. The Kier molecular flexibility index (Phi) is 6.28. The molecule has 0 atom stereocenters. The molecule has 1 aromatic carbocycles. The molecule has 10 heteroatoms. The van der Waals surface area contributed by atoms with Crippen molar-refractivity contribution in [2.24, 2.45) is 0 Å². The van der Waals surface area contributed by atoms with Gasteiger partial charge in [-0.15, -0.1) is 0 Å². The van der Waals surface area contributed by atoms with E-state index in [0.29, 0.717) is 55.0 Å². The number of carbonyl (C=O) groups is 1. The molecule has 0 spiro atoms. The van der Waals surface area contributed by atoms with Gasteiger partial charge >= 0.3 is 5.82 Å². The summed E-state index contributed by atoms with van der Waals surface area (Å²) in [5.41, 5.74) is 0.485. The molecule has 0 aliphatic carbocycles. The highest BCUT2D eigenvalue weighted by Gasteiger charge is 2.32. The van der Waals surface area contributed by atoms with Crippen LogP contribution in [0.2, 0.25) is 5.02 Å². The first-order valence-electron chi connectivity index (χ1n) is 8.99. The lowest BCUT2D eigenvalue weighted by molar-refractivity contribution is -0.388. The van der Waals surface area contributed by atoms with Crippen molar-refractivity contribution in [2.75, 3.05) is 44.2 Å². The molecular weight excluding hydrogens is 386 g/mol. The Bertz CT molecular complexity index is 860. The summed E-state index contributed by atoms with van der Waals surface area (Å²) in [6.07, 6.45) is 0. The molecule has 1 aliphatic rings. The molecule has 2 aromatic rings. The topological polar surface area (TPSA) is 105 Å². The second-order valence-corrected chi connectivity index (χ2v) is 7.07. The number of aryl methyl sites for hydroxylation is 1. The molecular formula is C18H22ClN5O4. The van der Waals surface area contributed by atoms with Crippen LogP contribution in [0.1, 0.15) is 16.2 Å². The number of aliphatic hydroxyl groups excluding tert-OH is 1. The van der Waals surface area contributed by atoms with Crippen molar-refractivity contribution in [3.63, 3.8) is 0 Å². The van der Waals surface area contributed by atoms with E-state index < -0.39 is 4.92 Å². The van der Waals surface area contributed by atoms with E-state index in [4.69, 9.17) is 16.7 Å². The summed E-state index contributed by atoms with van der Waals surface area (Å²) in [5.74, 6) is 0.361. The van der Waals surface area contributed by atoms with Gasteiger partial charge in [-0.3, -0.25) is 14.3 Å². The first kappa shape index (κ1) is 20.2. The zero-order chi connectivity index (χ0) is 20.3. The fraction of sp³-hybridized carbons (Fsp3) is 0.444. The van der Waals surface area contributed by atoms with Gasteiger partial charge in [-0.1, -0.05) is 11.6 Å². The number of halogens is 1. The summed E-state index contributed by atoms with van der Waals surface area (Å²) in [7, 11) is 0. The van der Waals surface area contributed by atoms with Gasteiger partial charge in [0.25, 0.3) is 0 Å². The van der Waals surface area contributed by atoms with E-state index >= 15 is 0 Å². The third-order valence-electron chi connectivity index (χ3n) is 4.84. The van der Waals surface area contributed by atoms with Gasteiger partial charge in [-0.25, -0.2) is 0 Å². The molecule has 1 aromatic heterocycles. The molecule has 0 radical (unpaired) electrons. The van der Waals surface area contributed by atoms with Gasteiger partial charge in [0.2, 0.25) is 11.6 Å². The lowest BCUT2D eigenvalue weighted by Gasteiger charge is -2.35. The van der Waals surface area contributed by atoms with Crippen LogP contribution in [-0.4, -0.2) is 69.6 Å². The minimum Gasteiger partial charge on any atom is -0.395 e. The van der Waals surface area contributed by atoms with E-state index in [2.05, 4.69) is 9.88 Å². The van der Waals surface area contributed by atoms with Crippen LogP contribution in [0, 0.1) is 17.0 Å². The van der Waals surface area contributed by atoms with Crippen LogP contribution in [-0.2, 0) is 6.54 Å². The lowest BCUT2D eigenvalue weighted by atomic mass is 10.1. The van der Waals surface area contributed by atoms with E-state index in [1.165, 1.54) is 0 Å². The third kappa shape index (κ3) is 4.32. The smallest absolute Gasteiger partial charge is 0.395 e. The fourth-order valence-corrected chi connectivity index (χ4v) is 3.48. The summed E-state index contributed by atoms with van der Waals surface area (Å²) >= 11 is 5.87. The predicted molar refractivity (Wildman–Crippen MR) is 105 cm³/mol. The molecule has 0 amide bonds. The number of hydrogen-bond acceptors (Lipinski definition) is 7. The van der Waals surface area contributed by atoms with Gasteiger partial charge in [-0.2, -0.15) is 0 Å². The number of aliphatic hydroxyl groups is 1. The van der Waals surface area contributed by atoms with Crippen LogP contribution in [0.15, 0.2) is 24.3 Å². The highest BCUT2D eigenvalue weighted by molar-refractivity contribution is 6.30. The van der Waals surface area contributed by atoms with Gasteiger partial charge < -0.3 is 20.1 Å². The van der Waals surface area contributed by atoms with E-state index in [1.54, 1.807) is 35.8 Å². The number of aromatic nitrogens is 2. The monoisotopic (exact) mass is 407 g/mol. The van der Waals surface area contributed by atoms with Crippen LogP contribution < -0.4 is 4.90 Å². The highest BCUT2D eigenvalue weighted by Crippen LogP contribution is 2.30. The van der Waals surface area contributed by atoms with Crippen molar-refractivity contribution in [1.29, 1.82) is 0 Å². The Labute approximate surface area is 167 Å². The lowest BCUT2D eigenvalue weighted by Crippen LogP contribution is -2.48. The standard InChI is InChI=1S/C18H22ClN5O4/c1-13-20-17(24(27)28)18(22-8-6-21(7-9-22)10-11-25)23(13)12-16(26)14-2-4-15(19)5-3-14/h2-5,25H,6-12H2,1H3. The molecule has 0 bridgehead atoms. The van der Waals surface area contributed by atoms with Crippen molar-refractivity contribution in [2.45, 2.75) is 13.5 Å². The van der Waals surface area contributed by atoms with E-state index in [9.17, 15) is 14.9 Å². The number of β-amino-alcohol motifs (C(OH)–C–C–N with tert-alkyl or cyclic N) is 1. The number of Topliss-reactive ketones (excluding diaryl/α,β-unsaturated/α-hetero) is 1. The van der Waals surface area contributed by atoms with Crippen molar-refractivity contribution in [3.8, 4) is 0 Å². The van der Waals surface area contributed by atoms with Crippen LogP contribution >= 0.6 is 11.6 Å². The summed E-state index contributed by atoms with van der Waals surface area (Å²) in [4.78, 5) is 31.8. The summed E-state index contributed by atoms with van der Waals surface area (Å²) in [6, 6.07) is 6.55. The number of piperazine rings is 1. The number of hydrogen-bond donors (Lipinski definition) is 1. The van der Waals surface area contributed by atoms with Gasteiger partial charge in [0.15, 0.2) is 5.78 Å². The summed E-state index contributed by atoms with van der Waals surface area (Å²) in [5, 5.41) is 21.2. The molecule has 1 fully saturated rings. The molecule has 28 heavy (non-hydrogen) atoms. The fourth-order valence-electron chi connectivity index (χ4n) is 3.36. The molecule has 0 saturated carbocycles. The number of nitrogens with zero attached hydrogens (tertiary/aromatic N) is 5. The average Bonchev–Trinajstić information content (AvgIpc) is 3.00. The average molecular weight is 408 g/mol. The molecule has 1 aliphatic heterocycles. The zero-order valence-electron chi connectivity index (χ0n) is 15.5. The van der Waals surface area contributed by atoms with E-state index in [-0.39, 0.29) is 24.8 Å². The summed E-state index contributed by atoms with van der Waals surface area (Å²) in [6.45, 7) is 4.73. The number of imidazole rings is 1. The first-order chi connectivity index (χ1) is 13.4. The van der Waals surface area contributed by atoms with Gasteiger partial charge in [0.05, 0.1) is 13.2 Å². The van der Waals surface area contributed by atoms with Crippen molar-refractivity contribution in [3.05, 3.63) is 50.8 Å². The molecule has 1 N–H and O–H groups in total. The molecule has 3 rings (SSSR count). The maximum absolute atomic E-state index is 12.7. The van der Waals surface area contributed by atoms with Crippen molar-refractivity contribution in [1.82, 2.24) is 14.5 Å². The Morgan fingerprint density at radius 2 is 1.89 bits per heavy atom. The second-order valence-electron chi connectivity index (χ2n) is 6.63. The van der Waals surface area contributed by atoms with E-state index in [1.807, 2.05) is 4.90 Å². The van der Waals surface area contributed by atoms with E-state index in [0.717, 1.165) is 0 Å². The zero-order valence-corrected chi connectivity index (χ0v) is 16.3. The minimum atomic E-state index is -0.508. The SMILES string of the molecule is Cc1nc([N+](=O)[O-])c(N2CCN(CCO)CC2)n1CC(=O)c1ccc(Cl)cc1. The van der Waals surface area contributed by atoms with Crippen LogP contribution in [0.4, 0.5) is 11.6 Å². The van der Waals surface area contributed by atoms with Crippen LogP contribution in [0.25, 0.3) is 0 Å². The molecule has 150 valence electrons. The quantitative estimate of drug-likeness (QED) is 0.423. The maximum atomic E-state index is 12.7. The molecule has 1 saturated heterocycles. The minimum absolute atomic E-state index is 0.0412.